The lowest BCUT2D eigenvalue weighted by Crippen LogP contribution is -2.30. The van der Waals surface area contributed by atoms with Gasteiger partial charge in [-0.05, 0) is 48.2 Å². The van der Waals surface area contributed by atoms with Crippen molar-refractivity contribution in [3.05, 3.63) is 107 Å². The predicted octanol–water partition coefficient (Wildman–Crippen LogP) is 5.09. The Balaban J connectivity index is 1.21. The first-order valence-corrected chi connectivity index (χ1v) is 12.7. The monoisotopic (exact) mass is 494 g/mol. The maximum Gasteiger partial charge on any atom is 0.261 e. The molecule has 0 unspecified atom stereocenters. The average molecular weight is 495 g/mol. The van der Waals surface area contributed by atoms with Gasteiger partial charge in [-0.25, -0.2) is 0 Å². The van der Waals surface area contributed by atoms with Gasteiger partial charge >= 0.3 is 0 Å². The fourth-order valence-corrected chi connectivity index (χ4v) is 4.31. The van der Waals surface area contributed by atoms with Crippen LogP contribution in [-0.4, -0.2) is 34.6 Å². The van der Waals surface area contributed by atoms with E-state index in [1.165, 1.54) is 22.2 Å². The number of imide groups is 1. The average Bonchev–Trinajstić information content (AvgIpc) is 3.15. The minimum Gasteiger partial charge on any atom is -0.377 e. The maximum absolute atomic E-state index is 12.4. The number of rotatable bonds is 8. The lowest BCUT2D eigenvalue weighted by molar-refractivity contribution is 0.0652. The predicted molar refractivity (Wildman–Crippen MR) is 146 cm³/mol. The van der Waals surface area contributed by atoms with Gasteiger partial charge in [0.15, 0.2) is 5.17 Å². The van der Waals surface area contributed by atoms with E-state index < -0.39 is 0 Å². The lowest BCUT2D eigenvalue weighted by Gasteiger charge is -2.12. The summed E-state index contributed by atoms with van der Waals surface area (Å²) in [6, 6.07) is 24.8. The third-order valence-electron chi connectivity index (χ3n) is 5.52. The summed E-state index contributed by atoms with van der Waals surface area (Å²) in [6.07, 6.45) is 3.86. The maximum atomic E-state index is 12.4. The first-order valence-electron chi connectivity index (χ1n) is 11.7. The van der Waals surface area contributed by atoms with Crippen molar-refractivity contribution in [2.45, 2.75) is 25.0 Å². The quantitative estimate of drug-likeness (QED) is 0.118. The summed E-state index contributed by atoms with van der Waals surface area (Å²) in [5, 5.41) is 8.55. The lowest BCUT2D eigenvalue weighted by atomic mass is 10.1. The van der Waals surface area contributed by atoms with Gasteiger partial charge in [0.1, 0.15) is 0 Å². The van der Waals surface area contributed by atoms with Crippen molar-refractivity contribution in [3.8, 4) is 11.8 Å². The van der Waals surface area contributed by atoms with Crippen LogP contribution in [0.4, 0.5) is 0 Å². The molecule has 1 heterocycles. The summed E-state index contributed by atoms with van der Waals surface area (Å²) >= 11 is 1.44. The second-order valence-corrected chi connectivity index (χ2v) is 9.14. The van der Waals surface area contributed by atoms with Crippen LogP contribution in [-0.2, 0) is 5.75 Å². The fraction of sp³-hybridized carbons (Fsp3) is 0.172. The number of unbranched alkanes of at least 4 members (excludes halogenated alkanes) is 2. The van der Waals surface area contributed by atoms with E-state index in [0.29, 0.717) is 35.7 Å². The van der Waals surface area contributed by atoms with Crippen LogP contribution in [0.1, 0.15) is 56.7 Å². The van der Waals surface area contributed by atoms with Crippen molar-refractivity contribution in [2.24, 2.45) is 15.9 Å². The number of nitrogens with zero attached hydrogens (tertiary/aromatic N) is 3. The topological polar surface area (TPSA) is 88.1 Å². The number of benzene rings is 3. The molecule has 7 heteroatoms. The molecule has 2 amide bonds. The fourth-order valence-electron chi connectivity index (χ4n) is 3.70. The minimum absolute atomic E-state index is 0.207. The Kier molecular flexibility index (Phi) is 8.68. The number of carbonyl (C=O) groups excluding carboxylic acids is 2. The molecule has 3 aromatic rings. The molecule has 180 valence electrons. The minimum atomic E-state index is -0.207. The van der Waals surface area contributed by atoms with Gasteiger partial charge < -0.3 is 5.73 Å². The zero-order valence-corrected chi connectivity index (χ0v) is 20.6. The Morgan fingerprint density at radius 3 is 2.39 bits per heavy atom. The van der Waals surface area contributed by atoms with E-state index in [2.05, 4.69) is 22.0 Å². The molecule has 0 radical (unpaired) electrons. The van der Waals surface area contributed by atoms with Gasteiger partial charge in [-0.3, -0.25) is 14.5 Å². The molecule has 0 saturated heterocycles. The normalized spacial score (nSPS) is 13.1. The summed E-state index contributed by atoms with van der Waals surface area (Å²) in [5.74, 6) is 6.66. The number of carbonyl (C=O) groups is 2. The highest BCUT2D eigenvalue weighted by Gasteiger charge is 2.34. The van der Waals surface area contributed by atoms with Crippen molar-refractivity contribution in [1.29, 1.82) is 0 Å². The summed E-state index contributed by atoms with van der Waals surface area (Å²) in [5.41, 5.74) is 9.87. The van der Waals surface area contributed by atoms with Crippen LogP contribution in [0.15, 0.2) is 89.1 Å². The van der Waals surface area contributed by atoms with Crippen LogP contribution in [0.2, 0.25) is 0 Å². The van der Waals surface area contributed by atoms with Crippen molar-refractivity contribution in [3.63, 3.8) is 0 Å². The molecule has 0 bridgehead atoms. The Morgan fingerprint density at radius 1 is 0.917 bits per heavy atom. The van der Waals surface area contributed by atoms with Gasteiger partial charge in [0.05, 0.1) is 17.3 Å². The van der Waals surface area contributed by atoms with Gasteiger partial charge in [0, 0.05) is 24.3 Å². The van der Waals surface area contributed by atoms with Crippen LogP contribution >= 0.6 is 11.8 Å². The zero-order chi connectivity index (χ0) is 25.2. The highest BCUT2D eigenvalue weighted by Crippen LogP contribution is 2.22. The number of thioether (sulfide) groups is 1. The Hall–Kier alpha value is -4.15. The van der Waals surface area contributed by atoms with Crippen molar-refractivity contribution >= 4 is 35.0 Å². The number of amidine groups is 1. The molecule has 4 rings (SSSR count). The van der Waals surface area contributed by atoms with Crippen LogP contribution in [0.25, 0.3) is 0 Å². The summed E-state index contributed by atoms with van der Waals surface area (Å²) in [6.45, 7) is 0.410. The van der Waals surface area contributed by atoms with E-state index in [1.807, 2.05) is 54.6 Å². The number of hydrogen-bond acceptors (Lipinski definition) is 5. The molecule has 36 heavy (non-hydrogen) atoms. The van der Waals surface area contributed by atoms with E-state index in [1.54, 1.807) is 30.5 Å². The van der Waals surface area contributed by atoms with E-state index in [4.69, 9.17) is 5.73 Å². The van der Waals surface area contributed by atoms with E-state index >= 15 is 0 Å². The summed E-state index contributed by atoms with van der Waals surface area (Å²) in [4.78, 5) is 26.1. The molecule has 3 aromatic carbocycles. The largest absolute Gasteiger partial charge is 0.377 e. The van der Waals surface area contributed by atoms with Gasteiger partial charge in [0.2, 0.25) is 0 Å². The molecule has 0 atom stereocenters. The molecule has 0 aromatic heterocycles. The highest BCUT2D eigenvalue weighted by atomic mass is 32.2. The van der Waals surface area contributed by atoms with Crippen molar-refractivity contribution in [2.75, 3.05) is 6.54 Å². The van der Waals surface area contributed by atoms with Crippen LogP contribution in [0.3, 0.4) is 0 Å². The van der Waals surface area contributed by atoms with Crippen LogP contribution in [0, 0.1) is 11.8 Å². The van der Waals surface area contributed by atoms with E-state index in [-0.39, 0.29) is 11.8 Å². The summed E-state index contributed by atoms with van der Waals surface area (Å²) < 4.78 is 0. The molecule has 1 aliphatic rings. The number of amides is 2. The molecule has 0 spiro atoms. The summed E-state index contributed by atoms with van der Waals surface area (Å²) in [7, 11) is 0. The molecule has 0 fully saturated rings. The van der Waals surface area contributed by atoms with Gasteiger partial charge in [0.25, 0.3) is 11.8 Å². The van der Waals surface area contributed by atoms with Crippen molar-refractivity contribution in [1.82, 2.24) is 4.90 Å². The number of nitrogens with two attached hydrogens (primary N) is 1. The second kappa shape index (κ2) is 12.5. The first kappa shape index (κ1) is 25.0. The highest BCUT2D eigenvalue weighted by molar-refractivity contribution is 8.13. The molecule has 2 N–H and O–H groups in total. The Morgan fingerprint density at radius 2 is 1.64 bits per heavy atom. The first-order chi connectivity index (χ1) is 17.6. The SMILES string of the molecule is NC(=NN=Cc1cccc(C#CCCCCN2C(=O)c3ccccc3C2=O)c1)SCc1ccccc1. The number of fused-ring (bicyclic) bond motifs is 1. The third kappa shape index (κ3) is 6.71. The Bertz CT molecular complexity index is 1320. The Labute approximate surface area is 215 Å². The van der Waals surface area contributed by atoms with E-state index in [0.717, 1.165) is 23.3 Å². The molecule has 0 saturated carbocycles. The molecule has 6 nitrogen and oxygen atoms in total. The van der Waals surface area contributed by atoms with E-state index in [9.17, 15) is 9.59 Å². The standard InChI is InChI=1S/C29H26N4O2S/c30-29(36-21-23-12-5-3-6-13-23)32-31-20-24-15-10-14-22(19-24)11-4-1-2-9-18-33-27(34)25-16-7-8-17-26(25)28(33)35/h3,5-8,10,12-17,19-20H,1-2,9,18,21H2,(H2,30,32). The second-order valence-electron chi connectivity index (χ2n) is 8.15. The third-order valence-corrected chi connectivity index (χ3v) is 6.38. The molecule has 1 aliphatic heterocycles. The smallest absolute Gasteiger partial charge is 0.261 e. The molecule has 0 aliphatic carbocycles. The molecular weight excluding hydrogens is 468 g/mol. The zero-order valence-electron chi connectivity index (χ0n) is 19.8. The molecular formula is C29H26N4O2S. The van der Waals surface area contributed by atoms with Crippen molar-refractivity contribution < 1.29 is 9.59 Å². The van der Waals surface area contributed by atoms with Gasteiger partial charge in [-0.1, -0.05) is 78.2 Å². The van der Waals surface area contributed by atoms with Crippen LogP contribution < -0.4 is 5.73 Å². The number of hydrogen-bond donors (Lipinski definition) is 1. The van der Waals surface area contributed by atoms with Gasteiger partial charge in [-0.2, -0.15) is 5.10 Å². The van der Waals surface area contributed by atoms with Crippen LogP contribution in [0.5, 0.6) is 0 Å². The van der Waals surface area contributed by atoms with Gasteiger partial charge in [-0.15, -0.1) is 5.10 Å².